The van der Waals surface area contributed by atoms with Gasteiger partial charge in [0.2, 0.25) is 0 Å². The molecule has 0 unspecified atom stereocenters. The second kappa shape index (κ2) is 5.81. The van der Waals surface area contributed by atoms with Crippen LogP contribution >= 0.6 is 0 Å². The van der Waals surface area contributed by atoms with Crippen molar-refractivity contribution in [2.45, 2.75) is 45.4 Å². The monoisotopic (exact) mass is 290 g/mol. The van der Waals surface area contributed by atoms with Crippen LogP contribution in [0.3, 0.4) is 0 Å². The van der Waals surface area contributed by atoms with Crippen molar-refractivity contribution in [3.63, 3.8) is 0 Å². The number of nitrogens with zero attached hydrogens (tertiary/aromatic N) is 3. The van der Waals surface area contributed by atoms with E-state index in [2.05, 4.69) is 14.8 Å². The minimum Gasteiger partial charge on any atom is -0.486 e. The Hall–Kier alpha value is -1.95. The van der Waals surface area contributed by atoms with Crippen LogP contribution in [0.15, 0.2) is 18.2 Å². The van der Waals surface area contributed by atoms with Crippen LogP contribution in [0, 0.1) is 5.82 Å². The maximum absolute atomic E-state index is 13.8. The molecular formula is C15H19FN4O. The highest BCUT2D eigenvalue weighted by Gasteiger charge is 2.16. The first kappa shape index (κ1) is 14.0. The number of aromatic nitrogens is 3. The van der Waals surface area contributed by atoms with E-state index in [0.717, 1.165) is 37.5 Å². The van der Waals surface area contributed by atoms with E-state index in [1.807, 2.05) is 0 Å². The summed E-state index contributed by atoms with van der Waals surface area (Å²) >= 11 is 0. The first-order chi connectivity index (χ1) is 10.1. The lowest BCUT2D eigenvalue weighted by molar-refractivity contribution is 0.284. The van der Waals surface area contributed by atoms with Crippen molar-refractivity contribution < 1.29 is 9.13 Å². The van der Waals surface area contributed by atoms with Gasteiger partial charge in [-0.3, -0.25) is 0 Å². The topological polar surface area (TPSA) is 66.0 Å². The summed E-state index contributed by atoms with van der Waals surface area (Å²) in [7, 11) is 0. The fourth-order valence-electron chi connectivity index (χ4n) is 2.59. The van der Waals surface area contributed by atoms with E-state index < -0.39 is 0 Å². The lowest BCUT2D eigenvalue weighted by Crippen LogP contribution is -2.14. The van der Waals surface area contributed by atoms with Crippen molar-refractivity contribution in [1.82, 2.24) is 14.8 Å². The number of nitrogens with two attached hydrogens (primary N) is 1. The molecule has 1 aliphatic heterocycles. The van der Waals surface area contributed by atoms with Crippen LogP contribution in [-0.2, 0) is 19.6 Å². The van der Waals surface area contributed by atoms with Gasteiger partial charge in [-0.15, -0.1) is 10.2 Å². The summed E-state index contributed by atoms with van der Waals surface area (Å²) in [6, 6.07) is 4.43. The highest BCUT2D eigenvalue weighted by atomic mass is 19.1. The van der Waals surface area contributed by atoms with Crippen molar-refractivity contribution in [3.05, 3.63) is 41.2 Å². The molecule has 1 atom stereocenters. The fourth-order valence-corrected chi connectivity index (χ4v) is 2.59. The zero-order chi connectivity index (χ0) is 14.8. The Labute approximate surface area is 122 Å². The summed E-state index contributed by atoms with van der Waals surface area (Å²) in [6.07, 6.45) is 3.25. The largest absolute Gasteiger partial charge is 0.486 e. The summed E-state index contributed by atoms with van der Waals surface area (Å²) in [5.41, 5.74) is 6.18. The molecule has 0 fully saturated rings. The molecular weight excluding hydrogens is 271 g/mol. The number of fused-ring (bicyclic) bond motifs is 1. The predicted octanol–water partition coefficient (Wildman–Crippen LogP) is 2.35. The molecule has 2 heterocycles. The molecule has 6 heteroatoms. The SMILES string of the molecule is C[C@@H](N)c1ccc(OCc2nnc3n2CCCC3)cc1F. The average molecular weight is 290 g/mol. The summed E-state index contributed by atoms with van der Waals surface area (Å²) in [4.78, 5) is 0. The van der Waals surface area contributed by atoms with Gasteiger partial charge in [-0.1, -0.05) is 6.07 Å². The first-order valence-electron chi connectivity index (χ1n) is 7.24. The number of hydrogen-bond acceptors (Lipinski definition) is 4. The molecule has 5 nitrogen and oxygen atoms in total. The molecule has 1 aliphatic rings. The van der Waals surface area contributed by atoms with E-state index in [-0.39, 0.29) is 11.9 Å². The van der Waals surface area contributed by atoms with Crippen molar-refractivity contribution in [2.24, 2.45) is 5.73 Å². The van der Waals surface area contributed by atoms with Gasteiger partial charge in [-0.2, -0.15) is 0 Å². The minimum absolute atomic E-state index is 0.296. The number of rotatable bonds is 4. The predicted molar refractivity (Wildman–Crippen MR) is 76.3 cm³/mol. The highest BCUT2D eigenvalue weighted by molar-refractivity contribution is 5.30. The van der Waals surface area contributed by atoms with E-state index in [1.54, 1.807) is 19.1 Å². The van der Waals surface area contributed by atoms with Gasteiger partial charge >= 0.3 is 0 Å². The molecule has 112 valence electrons. The molecule has 0 aliphatic carbocycles. The van der Waals surface area contributed by atoms with Gasteiger partial charge in [0.25, 0.3) is 0 Å². The van der Waals surface area contributed by atoms with Gasteiger partial charge in [0.1, 0.15) is 24.0 Å². The molecule has 0 saturated carbocycles. The maximum Gasteiger partial charge on any atom is 0.171 e. The van der Waals surface area contributed by atoms with Crippen LogP contribution in [0.1, 0.15) is 43.0 Å². The van der Waals surface area contributed by atoms with Gasteiger partial charge in [0, 0.05) is 30.6 Å². The third-order valence-electron chi connectivity index (χ3n) is 3.77. The quantitative estimate of drug-likeness (QED) is 0.938. The minimum atomic E-state index is -0.342. The van der Waals surface area contributed by atoms with Gasteiger partial charge < -0.3 is 15.0 Å². The molecule has 0 spiro atoms. The standard InChI is InChI=1S/C15H19FN4O/c1-10(17)12-6-5-11(8-13(12)16)21-9-15-19-18-14-4-2-3-7-20(14)15/h5-6,8,10H,2-4,7,9,17H2,1H3/t10-/m1/s1. The van der Waals surface area contributed by atoms with Gasteiger partial charge in [-0.05, 0) is 25.8 Å². The highest BCUT2D eigenvalue weighted by Crippen LogP contribution is 2.22. The zero-order valence-electron chi connectivity index (χ0n) is 12.1. The number of benzene rings is 1. The molecule has 21 heavy (non-hydrogen) atoms. The van der Waals surface area contributed by atoms with Gasteiger partial charge in [0.05, 0.1) is 0 Å². The van der Waals surface area contributed by atoms with Gasteiger partial charge in [0.15, 0.2) is 5.82 Å². The Kier molecular flexibility index (Phi) is 3.88. The van der Waals surface area contributed by atoms with Crippen LogP contribution < -0.4 is 10.5 Å². The average Bonchev–Trinajstić information content (AvgIpc) is 2.88. The Bertz CT molecular complexity index is 639. The van der Waals surface area contributed by atoms with E-state index >= 15 is 0 Å². The molecule has 0 saturated heterocycles. The second-order valence-electron chi connectivity index (χ2n) is 5.40. The Morgan fingerprint density at radius 2 is 2.24 bits per heavy atom. The summed E-state index contributed by atoms with van der Waals surface area (Å²) < 4.78 is 21.6. The van der Waals surface area contributed by atoms with Crippen molar-refractivity contribution in [2.75, 3.05) is 0 Å². The third-order valence-corrected chi connectivity index (χ3v) is 3.77. The molecule has 0 radical (unpaired) electrons. The van der Waals surface area contributed by atoms with Crippen LogP contribution in [0.4, 0.5) is 4.39 Å². The first-order valence-corrected chi connectivity index (χ1v) is 7.24. The van der Waals surface area contributed by atoms with Crippen LogP contribution in [0.2, 0.25) is 0 Å². The second-order valence-corrected chi connectivity index (χ2v) is 5.40. The molecule has 2 aromatic rings. The Morgan fingerprint density at radius 1 is 1.38 bits per heavy atom. The van der Waals surface area contributed by atoms with E-state index in [0.29, 0.717) is 17.9 Å². The molecule has 0 bridgehead atoms. The number of halogens is 1. The van der Waals surface area contributed by atoms with Crippen LogP contribution in [-0.4, -0.2) is 14.8 Å². The third kappa shape index (κ3) is 2.90. The molecule has 0 amide bonds. The van der Waals surface area contributed by atoms with Crippen molar-refractivity contribution in [1.29, 1.82) is 0 Å². The Morgan fingerprint density at radius 3 is 3.00 bits per heavy atom. The summed E-state index contributed by atoms with van der Waals surface area (Å²) in [6.45, 7) is 2.98. The fraction of sp³-hybridized carbons (Fsp3) is 0.467. The number of hydrogen-bond donors (Lipinski definition) is 1. The van der Waals surface area contributed by atoms with E-state index in [9.17, 15) is 4.39 Å². The number of aryl methyl sites for hydroxylation is 1. The molecule has 1 aromatic carbocycles. The summed E-state index contributed by atoms with van der Waals surface area (Å²) in [5.74, 6) is 1.94. The van der Waals surface area contributed by atoms with Crippen LogP contribution in [0.25, 0.3) is 0 Å². The smallest absolute Gasteiger partial charge is 0.171 e. The molecule has 2 N–H and O–H groups in total. The molecule has 1 aromatic heterocycles. The van der Waals surface area contributed by atoms with Gasteiger partial charge in [-0.25, -0.2) is 4.39 Å². The lowest BCUT2D eigenvalue weighted by atomic mass is 10.1. The van der Waals surface area contributed by atoms with Crippen molar-refractivity contribution in [3.8, 4) is 5.75 Å². The van der Waals surface area contributed by atoms with E-state index in [4.69, 9.17) is 10.5 Å². The summed E-state index contributed by atoms with van der Waals surface area (Å²) in [5, 5.41) is 8.32. The number of ether oxygens (including phenoxy) is 1. The zero-order valence-corrected chi connectivity index (χ0v) is 12.1. The molecule has 3 rings (SSSR count). The lowest BCUT2D eigenvalue weighted by Gasteiger charge is -2.15. The van der Waals surface area contributed by atoms with Crippen LogP contribution in [0.5, 0.6) is 5.75 Å². The Balaban J connectivity index is 1.70. The van der Waals surface area contributed by atoms with Crippen molar-refractivity contribution >= 4 is 0 Å². The normalized spacial score (nSPS) is 15.6. The maximum atomic E-state index is 13.8. The van der Waals surface area contributed by atoms with E-state index in [1.165, 1.54) is 6.07 Å².